The van der Waals surface area contributed by atoms with E-state index in [9.17, 15) is 34.8 Å². The van der Waals surface area contributed by atoms with E-state index in [0.29, 0.717) is 50.3 Å². The van der Waals surface area contributed by atoms with Crippen molar-refractivity contribution >= 4 is 10.0 Å². The van der Waals surface area contributed by atoms with Crippen molar-refractivity contribution in [3.63, 3.8) is 0 Å². The average molecular weight is 679 g/mol. The Hall–Kier alpha value is -3.91. The molecule has 2 atom stereocenters. The highest BCUT2D eigenvalue weighted by atomic mass is 32.2. The number of nitrogens with two attached hydrogens (primary N) is 1. The molecule has 0 aliphatic carbocycles. The Bertz CT molecular complexity index is 1930. The molecule has 47 heavy (non-hydrogen) atoms. The third-order valence-electron chi connectivity index (χ3n) is 8.32. The number of sulfonamides is 1. The molecule has 13 heteroatoms. The molecule has 0 aromatic heterocycles. The van der Waals surface area contributed by atoms with Gasteiger partial charge in [0, 0.05) is 18.2 Å². The number of ether oxygens (including phenoxy) is 2. The summed E-state index contributed by atoms with van der Waals surface area (Å²) in [7, 11) is -2.50. The Morgan fingerprint density at radius 3 is 2.15 bits per heavy atom. The number of rotatable bonds is 7. The fourth-order valence-corrected chi connectivity index (χ4v) is 6.53. The van der Waals surface area contributed by atoms with Gasteiger partial charge in [-0.2, -0.15) is 26.3 Å². The summed E-state index contributed by atoms with van der Waals surface area (Å²) in [6.07, 6.45) is -9.93. The third kappa shape index (κ3) is 7.33. The summed E-state index contributed by atoms with van der Waals surface area (Å²) in [5.74, 6) is 0.386. The van der Waals surface area contributed by atoms with Crippen LogP contribution in [0.15, 0.2) is 77.7 Å². The SMILES string of the molecule is COc1ccc(-c2ccc(S(N)(=O)=O)cc2C)cc1-c1ccc(C(F)(F)F)cc1CN1CO[C@H](c2cc(C)cc(C(F)(F)F)c2)[C@@H]1C. The number of primary sulfonamides is 1. The average Bonchev–Trinajstić information content (AvgIpc) is 3.34. The molecule has 6 nitrogen and oxygen atoms in total. The van der Waals surface area contributed by atoms with Crippen molar-refractivity contribution in [1.82, 2.24) is 4.90 Å². The Balaban J connectivity index is 1.56. The van der Waals surface area contributed by atoms with Gasteiger partial charge in [0.25, 0.3) is 0 Å². The lowest BCUT2D eigenvalue weighted by molar-refractivity contribution is -0.138. The number of nitrogens with zero attached hydrogens (tertiary/aromatic N) is 1. The molecule has 0 amide bonds. The Morgan fingerprint density at radius 2 is 1.53 bits per heavy atom. The van der Waals surface area contributed by atoms with Crippen molar-refractivity contribution < 1.29 is 44.2 Å². The first-order valence-electron chi connectivity index (χ1n) is 14.4. The number of hydrogen-bond donors (Lipinski definition) is 1. The monoisotopic (exact) mass is 678 g/mol. The highest BCUT2D eigenvalue weighted by Gasteiger charge is 2.37. The zero-order valence-electron chi connectivity index (χ0n) is 25.8. The maximum atomic E-state index is 13.9. The van der Waals surface area contributed by atoms with Crippen molar-refractivity contribution in [3.8, 4) is 28.0 Å². The molecule has 0 saturated carbocycles. The van der Waals surface area contributed by atoms with Gasteiger partial charge in [-0.3, -0.25) is 4.90 Å². The largest absolute Gasteiger partial charge is 0.496 e. The molecule has 4 aromatic rings. The molecule has 0 unspecified atom stereocenters. The lowest BCUT2D eigenvalue weighted by atomic mass is 9.92. The van der Waals surface area contributed by atoms with Crippen LogP contribution >= 0.6 is 0 Å². The molecule has 1 heterocycles. The molecular weight excluding hydrogens is 646 g/mol. The van der Waals surface area contributed by atoms with Crippen molar-refractivity contribution in [1.29, 1.82) is 0 Å². The molecule has 5 rings (SSSR count). The van der Waals surface area contributed by atoms with Gasteiger partial charge in [0.05, 0.1) is 29.2 Å². The lowest BCUT2D eigenvalue weighted by Gasteiger charge is -2.25. The molecule has 1 aliphatic rings. The minimum absolute atomic E-state index is 0.00959. The molecule has 0 bridgehead atoms. The zero-order valence-corrected chi connectivity index (χ0v) is 26.6. The minimum Gasteiger partial charge on any atom is -0.496 e. The summed E-state index contributed by atoms with van der Waals surface area (Å²) in [5.41, 5.74) is 2.25. The van der Waals surface area contributed by atoms with Crippen molar-refractivity contribution in [3.05, 3.63) is 106 Å². The number of benzene rings is 4. The number of hydrogen-bond acceptors (Lipinski definition) is 5. The predicted molar refractivity (Wildman–Crippen MR) is 165 cm³/mol. The van der Waals surface area contributed by atoms with Crippen LogP contribution in [0, 0.1) is 13.8 Å². The van der Waals surface area contributed by atoms with Crippen LogP contribution in [-0.2, 0) is 33.7 Å². The second-order valence-electron chi connectivity index (χ2n) is 11.6. The summed E-state index contributed by atoms with van der Waals surface area (Å²) < 4.78 is 118. The number of methoxy groups -OCH3 is 1. The second kappa shape index (κ2) is 12.6. The van der Waals surface area contributed by atoms with E-state index in [2.05, 4.69) is 0 Å². The number of halogens is 6. The van der Waals surface area contributed by atoms with Crippen LogP contribution in [0.1, 0.15) is 46.4 Å². The third-order valence-corrected chi connectivity index (χ3v) is 9.23. The van der Waals surface area contributed by atoms with Gasteiger partial charge in [-0.15, -0.1) is 0 Å². The molecule has 1 saturated heterocycles. The second-order valence-corrected chi connectivity index (χ2v) is 13.2. The van der Waals surface area contributed by atoms with Crippen LogP contribution in [-0.4, -0.2) is 33.2 Å². The quantitative estimate of drug-likeness (QED) is 0.199. The molecule has 0 spiro atoms. The normalized spacial score (nSPS) is 17.7. The molecular formula is C34H32F6N2O4S. The van der Waals surface area contributed by atoms with Gasteiger partial charge in [0.15, 0.2) is 0 Å². The van der Waals surface area contributed by atoms with E-state index < -0.39 is 45.6 Å². The van der Waals surface area contributed by atoms with Crippen LogP contribution in [0.2, 0.25) is 0 Å². The Morgan fingerprint density at radius 1 is 0.851 bits per heavy atom. The van der Waals surface area contributed by atoms with Gasteiger partial charge in [-0.1, -0.05) is 29.8 Å². The molecule has 0 radical (unpaired) electrons. The van der Waals surface area contributed by atoms with E-state index in [0.717, 1.165) is 24.3 Å². The minimum atomic E-state index is -4.63. The summed E-state index contributed by atoms with van der Waals surface area (Å²) in [4.78, 5) is 1.71. The maximum absolute atomic E-state index is 13.9. The summed E-state index contributed by atoms with van der Waals surface area (Å²) in [5, 5.41) is 5.28. The summed E-state index contributed by atoms with van der Waals surface area (Å²) in [6, 6.07) is 16.2. The maximum Gasteiger partial charge on any atom is 0.416 e. The Kier molecular flexibility index (Phi) is 9.23. The number of alkyl halides is 6. The van der Waals surface area contributed by atoms with E-state index >= 15 is 0 Å². The highest BCUT2D eigenvalue weighted by Crippen LogP contribution is 2.42. The van der Waals surface area contributed by atoms with Crippen LogP contribution in [0.5, 0.6) is 5.75 Å². The molecule has 1 aliphatic heterocycles. The van der Waals surface area contributed by atoms with Crippen LogP contribution < -0.4 is 9.88 Å². The van der Waals surface area contributed by atoms with Crippen LogP contribution in [0.4, 0.5) is 26.3 Å². The van der Waals surface area contributed by atoms with Crippen molar-refractivity contribution in [2.75, 3.05) is 13.8 Å². The van der Waals surface area contributed by atoms with E-state index in [1.165, 1.54) is 25.3 Å². The summed E-state index contributed by atoms with van der Waals surface area (Å²) >= 11 is 0. The van der Waals surface area contributed by atoms with Gasteiger partial charge in [-0.25, -0.2) is 13.6 Å². The van der Waals surface area contributed by atoms with Gasteiger partial charge < -0.3 is 9.47 Å². The number of aryl methyl sites for hydroxylation is 2. The zero-order chi connectivity index (χ0) is 34.5. The summed E-state index contributed by atoms with van der Waals surface area (Å²) in [6.45, 7) is 5.00. The van der Waals surface area contributed by atoms with Gasteiger partial charge in [0.2, 0.25) is 10.0 Å². The van der Waals surface area contributed by atoms with Gasteiger partial charge >= 0.3 is 12.4 Å². The Labute approximate surface area is 268 Å². The van der Waals surface area contributed by atoms with Crippen LogP contribution in [0.3, 0.4) is 0 Å². The first kappa shape index (κ1) is 34.4. The molecule has 250 valence electrons. The first-order valence-corrected chi connectivity index (χ1v) is 16.0. The highest BCUT2D eigenvalue weighted by molar-refractivity contribution is 7.89. The molecule has 1 fully saturated rings. The first-order chi connectivity index (χ1) is 21.9. The fraction of sp³-hybridized carbons (Fsp3) is 0.294. The molecule has 2 N–H and O–H groups in total. The van der Waals surface area contributed by atoms with E-state index in [1.807, 2.05) is 0 Å². The smallest absolute Gasteiger partial charge is 0.416 e. The fourth-order valence-electron chi connectivity index (χ4n) is 5.93. The lowest BCUT2D eigenvalue weighted by Crippen LogP contribution is -2.29. The van der Waals surface area contributed by atoms with Gasteiger partial charge in [0.1, 0.15) is 12.5 Å². The topological polar surface area (TPSA) is 81.9 Å². The van der Waals surface area contributed by atoms with Crippen molar-refractivity contribution in [2.45, 2.75) is 56.7 Å². The van der Waals surface area contributed by atoms with E-state index in [-0.39, 0.29) is 18.2 Å². The predicted octanol–water partition coefficient (Wildman–Crippen LogP) is 8.25. The van der Waals surface area contributed by atoms with E-state index in [1.54, 1.807) is 56.0 Å². The van der Waals surface area contributed by atoms with Gasteiger partial charge in [-0.05, 0) is 103 Å². The van der Waals surface area contributed by atoms with Crippen molar-refractivity contribution in [2.24, 2.45) is 5.14 Å². The van der Waals surface area contributed by atoms with E-state index in [4.69, 9.17) is 14.6 Å². The molecule has 4 aromatic carbocycles. The van der Waals surface area contributed by atoms with Crippen LogP contribution in [0.25, 0.3) is 22.3 Å². The standard InChI is InChI=1S/C34H32F6N2O4S/c1-19-11-23(14-26(12-19)34(38,39)40)32-21(3)42(18-46-32)17-24-15-25(33(35,36)37)6-8-29(24)30-16-22(5-10-31(30)45-4)28-9-7-27(13-20(28)2)47(41,43)44/h5-16,21,32H,17-18H2,1-4H3,(H2,41,43,44)/t21-,32-/m0/s1.